The van der Waals surface area contributed by atoms with Crippen LogP contribution < -0.4 is 0 Å². The smallest absolute Gasteiger partial charge is 0.0674 e. The highest BCUT2D eigenvalue weighted by Crippen LogP contribution is 2.04. The van der Waals surface area contributed by atoms with Gasteiger partial charge in [-0.1, -0.05) is 13.3 Å². The van der Waals surface area contributed by atoms with Crippen LogP contribution in [0.4, 0.5) is 0 Å². The lowest BCUT2D eigenvalue weighted by Gasteiger charge is -2.30. The van der Waals surface area contributed by atoms with Crippen LogP contribution in [0.5, 0.6) is 0 Å². The Morgan fingerprint density at radius 3 is 3.27 bits per heavy atom. The summed E-state index contributed by atoms with van der Waals surface area (Å²) in [6.07, 6.45) is 1.59. The first-order valence-electron chi connectivity index (χ1n) is 6.24. The fraction of sp³-hybridized carbons (Fsp3) is 1.00. The number of unbranched alkanes of at least 4 members (excludes halogenated alkanes) is 1. The molecule has 1 aliphatic heterocycles. The van der Waals surface area contributed by atoms with Gasteiger partial charge in [0.2, 0.25) is 0 Å². The van der Waals surface area contributed by atoms with E-state index in [9.17, 15) is 0 Å². The third-order valence-corrected chi connectivity index (χ3v) is 1.72. The van der Waals surface area contributed by atoms with E-state index < -0.39 is 13.1 Å². The van der Waals surface area contributed by atoms with Crippen LogP contribution in [0.2, 0.25) is 0 Å². The average Bonchev–Trinajstić information content (AvgIpc) is 2.08. The normalized spacial score (nSPS) is 41.8. The molecule has 2 heteroatoms. The summed E-state index contributed by atoms with van der Waals surface area (Å²) in [5, 5.41) is 0. The lowest BCUT2D eigenvalue weighted by atomic mass is 10.2. The fourth-order valence-electron chi connectivity index (χ4n) is 1.08. The quantitative estimate of drug-likeness (QED) is 0.622. The molecule has 0 spiro atoms. The molecule has 66 valence electrons. The van der Waals surface area contributed by atoms with Gasteiger partial charge in [0.05, 0.1) is 15.4 Å². The molecule has 0 saturated carbocycles. The molecule has 0 N–H and O–H groups in total. The molecule has 1 aliphatic rings. The first-order chi connectivity index (χ1) is 6.81. The highest BCUT2D eigenvalue weighted by molar-refractivity contribution is 4.67. The Bertz CT molecular complexity index is 222. The van der Waals surface area contributed by atoms with E-state index in [1.807, 2.05) is 6.92 Å². The van der Waals surface area contributed by atoms with Crippen molar-refractivity contribution < 1.29 is 10.2 Å². The second-order valence-electron chi connectivity index (χ2n) is 2.94. The van der Waals surface area contributed by atoms with Crippen LogP contribution in [-0.2, 0) is 4.74 Å². The molecular weight excluding hydrogens is 138 g/mol. The van der Waals surface area contributed by atoms with Gasteiger partial charge in [0.15, 0.2) is 0 Å². The first kappa shape index (κ1) is 4.83. The SMILES string of the molecule is [2H]C1([2H])OC(C)CN(CCCC)C1([2H])[2H]. The van der Waals surface area contributed by atoms with Gasteiger partial charge < -0.3 is 4.74 Å². The Balaban J connectivity index is 2.75. The van der Waals surface area contributed by atoms with Crippen LogP contribution in [0.3, 0.4) is 0 Å². The number of morpholine rings is 1. The number of ether oxygens (including phenoxy) is 1. The Hall–Kier alpha value is -0.0800. The van der Waals surface area contributed by atoms with Crippen molar-refractivity contribution in [3.63, 3.8) is 0 Å². The van der Waals surface area contributed by atoms with E-state index in [-0.39, 0.29) is 6.10 Å². The predicted molar refractivity (Wildman–Crippen MR) is 46.8 cm³/mol. The monoisotopic (exact) mass is 161 g/mol. The van der Waals surface area contributed by atoms with Crippen molar-refractivity contribution in [2.75, 3.05) is 26.1 Å². The van der Waals surface area contributed by atoms with Gasteiger partial charge in [0, 0.05) is 15.8 Å². The fourth-order valence-corrected chi connectivity index (χ4v) is 1.08. The molecule has 1 rings (SSSR count). The highest BCUT2D eigenvalue weighted by atomic mass is 16.5. The van der Waals surface area contributed by atoms with E-state index in [0.717, 1.165) is 12.8 Å². The zero-order valence-electron chi connectivity index (χ0n) is 11.3. The molecule has 1 unspecified atom stereocenters. The summed E-state index contributed by atoms with van der Waals surface area (Å²) >= 11 is 0. The minimum absolute atomic E-state index is 0.263. The average molecular weight is 161 g/mol. The van der Waals surface area contributed by atoms with Crippen molar-refractivity contribution in [3.8, 4) is 0 Å². The molecule has 0 aliphatic carbocycles. The second-order valence-corrected chi connectivity index (χ2v) is 2.94. The summed E-state index contributed by atoms with van der Waals surface area (Å²) in [7, 11) is 0. The van der Waals surface area contributed by atoms with Gasteiger partial charge in [0.25, 0.3) is 0 Å². The van der Waals surface area contributed by atoms with Crippen molar-refractivity contribution in [2.24, 2.45) is 0 Å². The molecule has 1 saturated heterocycles. The van der Waals surface area contributed by atoms with Crippen LogP contribution in [0.1, 0.15) is 32.2 Å². The molecule has 0 bridgehead atoms. The summed E-state index contributed by atoms with van der Waals surface area (Å²) in [6, 6.07) is 0. The molecule has 1 heterocycles. The van der Waals surface area contributed by atoms with Crippen molar-refractivity contribution in [2.45, 2.75) is 32.8 Å². The van der Waals surface area contributed by atoms with E-state index in [0.29, 0.717) is 13.1 Å². The molecule has 11 heavy (non-hydrogen) atoms. The van der Waals surface area contributed by atoms with Gasteiger partial charge >= 0.3 is 0 Å². The molecule has 1 fully saturated rings. The molecule has 1 atom stereocenters. The molecular formula is C9H19NO. The minimum Gasteiger partial charge on any atom is -0.376 e. The molecule has 0 aromatic heterocycles. The Kier molecular flexibility index (Phi) is 2.08. The molecule has 0 aromatic rings. The third kappa shape index (κ3) is 3.21. The molecule has 2 nitrogen and oxygen atoms in total. The number of hydrogen-bond acceptors (Lipinski definition) is 2. The zero-order chi connectivity index (χ0) is 11.7. The highest BCUT2D eigenvalue weighted by Gasteiger charge is 2.14. The molecule has 0 radical (unpaired) electrons. The van der Waals surface area contributed by atoms with Gasteiger partial charge in [-0.25, -0.2) is 0 Å². The van der Waals surface area contributed by atoms with E-state index in [2.05, 4.69) is 0 Å². The number of hydrogen-bond donors (Lipinski definition) is 0. The summed E-state index contributed by atoms with van der Waals surface area (Å²) in [5.74, 6) is 0. The predicted octanol–water partition coefficient (Wildman–Crippen LogP) is 1.51. The van der Waals surface area contributed by atoms with Gasteiger partial charge in [0.1, 0.15) is 0 Å². The van der Waals surface area contributed by atoms with E-state index in [1.54, 1.807) is 11.8 Å². The van der Waals surface area contributed by atoms with Gasteiger partial charge in [-0.3, -0.25) is 4.90 Å². The maximum atomic E-state index is 7.75. The van der Waals surface area contributed by atoms with E-state index in [1.165, 1.54) is 0 Å². The van der Waals surface area contributed by atoms with Crippen LogP contribution in [-0.4, -0.2) is 37.1 Å². The lowest BCUT2D eigenvalue weighted by Crippen LogP contribution is -2.41. The van der Waals surface area contributed by atoms with Crippen LogP contribution in [0.15, 0.2) is 0 Å². The number of rotatable bonds is 3. The lowest BCUT2D eigenvalue weighted by molar-refractivity contribution is -0.0184. The van der Waals surface area contributed by atoms with Gasteiger partial charge in [-0.15, -0.1) is 0 Å². The van der Waals surface area contributed by atoms with Gasteiger partial charge in [-0.05, 0) is 19.9 Å². The Morgan fingerprint density at radius 1 is 1.73 bits per heavy atom. The minimum atomic E-state index is -2.22. The first-order valence-corrected chi connectivity index (χ1v) is 4.24. The van der Waals surface area contributed by atoms with E-state index >= 15 is 0 Å². The second kappa shape index (κ2) is 4.73. The van der Waals surface area contributed by atoms with Crippen molar-refractivity contribution in [1.29, 1.82) is 0 Å². The summed E-state index contributed by atoms with van der Waals surface area (Å²) in [5.41, 5.74) is 0. The summed E-state index contributed by atoms with van der Waals surface area (Å²) in [4.78, 5) is 1.55. The Labute approximate surface area is 75.1 Å². The maximum Gasteiger partial charge on any atom is 0.0674 e. The van der Waals surface area contributed by atoms with Gasteiger partial charge in [-0.2, -0.15) is 0 Å². The summed E-state index contributed by atoms with van der Waals surface area (Å²) < 4.78 is 35.6. The largest absolute Gasteiger partial charge is 0.376 e. The summed E-state index contributed by atoms with van der Waals surface area (Å²) in [6.45, 7) is 0.580. The third-order valence-electron chi connectivity index (χ3n) is 1.72. The van der Waals surface area contributed by atoms with E-state index in [4.69, 9.17) is 10.2 Å². The van der Waals surface area contributed by atoms with Crippen LogP contribution >= 0.6 is 0 Å². The van der Waals surface area contributed by atoms with Crippen LogP contribution in [0.25, 0.3) is 0 Å². The molecule has 0 aromatic carbocycles. The Morgan fingerprint density at radius 2 is 2.55 bits per heavy atom. The van der Waals surface area contributed by atoms with Crippen molar-refractivity contribution >= 4 is 0 Å². The topological polar surface area (TPSA) is 12.5 Å². The molecule has 0 amide bonds. The van der Waals surface area contributed by atoms with Crippen LogP contribution in [0, 0.1) is 0 Å². The number of nitrogens with zero attached hydrogens (tertiary/aromatic N) is 1. The zero-order valence-corrected chi connectivity index (χ0v) is 7.26. The van der Waals surface area contributed by atoms with Crippen molar-refractivity contribution in [1.82, 2.24) is 4.90 Å². The maximum absolute atomic E-state index is 7.75. The standard InChI is InChI=1S/C9H19NO/c1-3-4-5-10-6-7-11-9(2)8-10/h9H,3-8H2,1-2H3/i6D2,7D2. The van der Waals surface area contributed by atoms with Crippen molar-refractivity contribution in [3.05, 3.63) is 0 Å².